The number of carbonyl (C=O) groups is 2. The fourth-order valence-corrected chi connectivity index (χ4v) is 3.95. The van der Waals surface area contributed by atoms with Crippen LogP contribution in [0.2, 0.25) is 5.02 Å². The topological polar surface area (TPSA) is 66.8 Å². The summed E-state index contributed by atoms with van der Waals surface area (Å²) in [6, 6.07) is 22.3. The van der Waals surface area contributed by atoms with E-state index in [1.807, 2.05) is 30.3 Å². The van der Waals surface area contributed by atoms with Crippen LogP contribution >= 0.6 is 11.6 Å². The lowest BCUT2D eigenvalue weighted by Gasteiger charge is -2.25. The molecule has 156 valence electrons. The van der Waals surface area contributed by atoms with Crippen molar-refractivity contribution in [2.45, 2.75) is 12.6 Å². The second-order valence-corrected chi connectivity index (χ2v) is 7.63. The minimum absolute atomic E-state index is 0.0355. The highest BCUT2D eigenvalue weighted by Crippen LogP contribution is 2.41. The highest BCUT2D eigenvalue weighted by molar-refractivity contribution is 6.46. The summed E-state index contributed by atoms with van der Waals surface area (Å²) >= 11 is 6.20. The number of aliphatic hydroxyl groups is 1. The number of nitrogens with zero attached hydrogens (tertiary/aromatic N) is 1. The Hall–Kier alpha value is -3.57. The van der Waals surface area contributed by atoms with Crippen molar-refractivity contribution in [2.75, 3.05) is 7.11 Å². The SMILES string of the molecule is COc1ccc(C(O)=C2C(=O)C(=O)N(Cc3ccccc3)C2c2cccc(Cl)c2)cc1. The van der Waals surface area contributed by atoms with Crippen LogP contribution in [0, 0.1) is 0 Å². The van der Waals surface area contributed by atoms with Crippen molar-refractivity contribution in [2.24, 2.45) is 0 Å². The summed E-state index contributed by atoms with van der Waals surface area (Å²) in [6.45, 7) is 0.224. The summed E-state index contributed by atoms with van der Waals surface area (Å²) in [5.41, 5.74) is 1.98. The molecule has 1 fully saturated rings. The Morgan fingerprint density at radius 3 is 2.35 bits per heavy atom. The van der Waals surface area contributed by atoms with Gasteiger partial charge in [0.05, 0.1) is 18.7 Å². The molecule has 0 aliphatic carbocycles. The van der Waals surface area contributed by atoms with Gasteiger partial charge in [-0.25, -0.2) is 0 Å². The number of benzene rings is 3. The number of likely N-dealkylation sites (tertiary alicyclic amines) is 1. The van der Waals surface area contributed by atoms with Gasteiger partial charge in [0, 0.05) is 17.1 Å². The molecule has 3 aromatic carbocycles. The first kappa shape index (κ1) is 20.7. The zero-order chi connectivity index (χ0) is 22.0. The van der Waals surface area contributed by atoms with Crippen LogP contribution in [0.25, 0.3) is 5.76 Å². The summed E-state index contributed by atoms with van der Waals surface area (Å²) in [4.78, 5) is 27.5. The molecule has 1 heterocycles. The van der Waals surface area contributed by atoms with Gasteiger partial charge in [-0.1, -0.05) is 54.1 Å². The normalized spacial score (nSPS) is 17.7. The number of halogens is 1. The maximum atomic E-state index is 13.0. The van der Waals surface area contributed by atoms with Gasteiger partial charge < -0.3 is 14.7 Å². The van der Waals surface area contributed by atoms with Crippen LogP contribution in [0.3, 0.4) is 0 Å². The van der Waals surface area contributed by atoms with Crippen molar-refractivity contribution >= 4 is 29.1 Å². The molecule has 5 nitrogen and oxygen atoms in total. The van der Waals surface area contributed by atoms with E-state index in [1.165, 1.54) is 4.90 Å². The predicted octanol–water partition coefficient (Wildman–Crippen LogP) is 4.97. The molecule has 0 bridgehead atoms. The van der Waals surface area contributed by atoms with E-state index in [4.69, 9.17) is 16.3 Å². The second-order valence-electron chi connectivity index (χ2n) is 7.20. The summed E-state index contributed by atoms with van der Waals surface area (Å²) in [5.74, 6) is -1.01. The molecule has 6 heteroatoms. The molecular weight excluding hydrogens is 414 g/mol. The van der Waals surface area contributed by atoms with Gasteiger partial charge >= 0.3 is 0 Å². The van der Waals surface area contributed by atoms with Crippen LogP contribution in [0.5, 0.6) is 5.75 Å². The maximum Gasteiger partial charge on any atom is 0.295 e. The van der Waals surface area contributed by atoms with Crippen molar-refractivity contribution in [3.63, 3.8) is 0 Å². The van der Waals surface area contributed by atoms with E-state index < -0.39 is 17.7 Å². The molecule has 3 aromatic rings. The van der Waals surface area contributed by atoms with Crippen LogP contribution in [-0.4, -0.2) is 28.8 Å². The number of ether oxygens (including phenoxy) is 1. The van der Waals surface area contributed by atoms with Crippen LogP contribution in [0.1, 0.15) is 22.7 Å². The lowest BCUT2D eigenvalue weighted by atomic mass is 9.95. The van der Waals surface area contributed by atoms with Gasteiger partial charge in [-0.2, -0.15) is 0 Å². The molecule has 1 N–H and O–H groups in total. The van der Waals surface area contributed by atoms with Gasteiger partial charge in [0.25, 0.3) is 11.7 Å². The first-order valence-corrected chi connectivity index (χ1v) is 10.1. The van der Waals surface area contributed by atoms with Gasteiger partial charge in [-0.3, -0.25) is 9.59 Å². The number of amides is 1. The number of hydrogen-bond acceptors (Lipinski definition) is 4. The quantitative estimate of drug-likeness (QED) is 0.350. The van der Waals surface area contributed by atoms with Crippen molar-refractivity contribution in [1.29, 1.82) is 0 Å². The van der Waals surface area contributed by atoms with E-state index in [0.717, 1.165) is 5.56 Å². The molecule has 4 rings (SSSR count). The Bertz CT molecular complexity index is 1160. The average molecular weight is 434 g/mol. The lowest BCUT2D eigenvalue weighted by Crippen LogP contribution is -2.29. The van der Waals surface area contributed by atoms with Crippen LogP contribution in [-0.2, 0) is 16.1 Å². The number of hydrogen-bond donors (Lipinski definition) is 1. The van der Waals surface area contributed by atoms with Crippen LogP contribution < -0.4 is 4.74 Å². The number of rotatable bonds is 5. The van der Waals surface area contributed by atoms with Gasteiger partial charge in [0.2, 0.25) is 0 Å². The van der Waals surface area contributed by atoms with E-state index in [-0.39, 0.29) is 17.9 Å². The van der Waals surface area contributed by atoms with Crippen molar-refractivity contribution in [3.8, 4) is 5.75 Å². The molecule has 0 aromatic heterocycles. The van der Waals surface area contributed by atoms with Gasteiger partial charge in [0.15, 0.2) is 0 Å². The summed E-state index contributed by atoms with van der Waals surface area (Å²) in [5, 5.41) is 11.5. The number of carbonyl (C=O) groups excluding carboxylic acids is 2. The maximum absolute atomic E-state index is 13.0. The molecule has 0 saturated carbocycles. The first-order chi connectivity index (χ1) is 15.0. The minimum Gasteiger partial charge on any atom is -0.507 e. The zero-order valence-corrected chi connectivity index (χ0v) is 17.5. The molecular formula is C25H20ClNO4. The third-order valence-electron chi connectivity index (χ3n) is 5.26. The highest BCUT2D eigenvalue weighted by atomic mass is 35.5. The summed E-state index contributed by atoms with van der Waals surface area (Å²) < 4.78 is 5.16. The van der Waals surface area contributed by atoms with Crippen molar-refractivity contribution in [3.05, 3.63) is 106 Å². The average Bonchev–Trinajstić information content (AvgIpc) is 3.04. The Morgan fingerprint density at radius 1 is 1.00 bits per heavy atom. The Kier molecular flexibility index (Phi) is 5.78. The van der Waals surface area contributed by atoms with Gasteiger partial charge in [-0.05, 0) is 47.5 Å². The lowest BCUT2D eigenvalue weighted by molar-refractivity contribution is -0.140. The molecule has 1 atom stereocenters. The molecule has 0 radical (unpaired) electrons. The highest BCUT2D eigenvalue weighted by Gasteiger charge is 2.46. The van der Waals surface area contributed by atoms with E-state index in [9.17, 15) is 14.7 Å². The molecule has 1 unspecified atom stereocenters. The molecule has 1 aliphatic rings. The monoisotopic (exact) mass is 433 g/mol. The van der Waals surface area contributed by atoms with Gasteiger partial charge in [0.1, 0.15) is 11.5 Å². The third-order valence-corrected chi connectivity index (χ3v) is 5.50. The van der Waals surface area contributed by atoms with E-state index in [1.54, 1.807) is 55.6 Å². The number of Topliss-reactive ketones (excluding diaryl/α,β-unsaturated/α-hetero) is 1. The Labute approximate surface area is 185 Å². The number of ketones is 1. The number of methoxy groups -OCH3 is 1. The third kappa shape index (κ3) is 4.05. The van der Waals surface area contributed by atoms with Crippen molar-refractivity contribution in [1.82, 2.24) is 4.90 Å². The second kappa shape index (κ2) is 8.66. The van der Waals surface area contributed by atoms with Crippen molar-refractivity contribution < 1.29 is 19.4 Å². The Morgan fingerprint density at radius 2 is 1.71 bits per heavy atom. The predicted molar refractivity (Wildman–Crippen MR) is 119 cm³/mol. The molecule has 31 heavy (non-hydrogen) atoms. The van der Waals surface area contributed by atoms with Gasteiger partial charge in [-0.15, -0.1) is 0 Å². The standard InChI is InChI=1S/C25H20ClNO4/c1-31-20-12-10-17(11-13-20)23(28)21-22(18-8-5-9-19(26)14-18)27(25(30)24(21)29)15-16-6-3-2-4-7-16/h2-14,22,28H,15H2,1H3. The summed E-state index contributed by atoms with van der Waals surface area (Å²) in [6.07, 6.45) is 0. The minimum atomic E-state index is -0.763. The molecule has 1 aliphatic heterocycles. The largest absolute Gasteiger partial charge is 0.507 e. The fourth-order valence-electron chi connectivity index (χ4n) is 3.75. The fraction of sp³-hybridized carbons (Fsp3) is 0.120. The van der Waals surface area contributed by atoms with E-state index in [0.29, 0.717) is 21.9 Å². The van der Waals surface area contributed by atoms with E-state index >= 15 is 0 Å². The first-order valence-electron chi connectivity index (χ1n) is 9.72. The van der Waals surface area contributed by atoms with Crippen LogP contribution in [0.15, 0.2) is 84.4 Å². The smallest absolute Gasteiger partial charge is 0.295 e. The molecule has 0 spiro atoms. The van der Waals surface area contributed by atoms with Crippen LogP contribution in [0.4, 0.5) is 0 Å². The number of aliphatic hydroxyl groups excluding tert-OH is 1. The summed E-state index contributed by atoms with van der Waals surface area (Å²) in [7, 11) is 1.54. The van der Waals surface area contributed by atoms with E-state index in [2.05, 4.69) is 0 Å². The molecule has 1 amide bonds. The Balaban J connectivity index is 1.85. The molecule has 1 saturated heterocycles. The zero-order valence-electron chi connectivity index (χ0n) is 16.8.